The summed E-state index contributed by atoms with van der Waals surface area (Å²) in [5.74, 6) is -0.0360. The quantitative estimate of drug-likeness (QED) is 0.213. The summed E-state index contributed by atoms with van der Waals surface area (Å²) >= 11 is 0. The van der Waals surface area contributed by atoms with Crippen LogP contribution in [0.1, 0.15) is 43.4 Å². The van der Waals surface area contributed by atoms with Crippen molar-refractivity contribution in [3.63, 3.8) is 0 Å². The van der Waals surface area contributed by atoms with Gasteiger partial charge in [0, 0.05) is 52.7 Å². The number of benzene rings is 2. The molecule has 0 saturated carbocycles. The Labute approximate surface area is 205 Å². The third-order valence-electron chi connectivity index (χ3n) is 5.74. The lowest BCUT2D eigenvalue weighted by Gasteiger charge is -2.07. The fourth-order valence-corrected chi connectivity index (χ4v) is 3.96. The van der Waals surface area contributed by atoms with Gasteiger partial charge in [0.15, 0.2) is 17.5 Å². The third kappa shape index (κ3) is 4.39. The Morgan fingerprint density at radius 1 is 1.06 bits per heavy atom. The molecule has 0 aliphatic rings. The molecule has 0 aliphatic heterocycles. The number of ketones is 1. The summed E-state index contributed by atoms with van der Waals surface area (Å²) in [5, 5.41) is 24.9. The summed E-state index contributed by atoms with van der Waals surface area (Å²) in [6.07, 6.45) is 1.51. The van der Waals surface area contributed by atoms with Gasteiger partial charge in [0.25, 0.3) is 5.91 Å². The molecule has 0 atom stereocenters. The Kier molecular flexibility index (Phi) is 5.69. The van der Waals surface area contributed by atoms with Crippen molar-refractivity contribution in [3.05, 3.63) is 88.4 Å². The second kappa shape index (κ2) is 8.99. The molecule has 0 saturated heterocycles. The molecule has 0 bridgehead atoms. The zero-order chi connectivity index (χ0) is 25.4. The first-order valence-electron chi connectivity index (χ1n) is 11.2. The number of aryl methyl sites for hydroxylation is 3. The highest BCUT2D eigenvalue weighted by Gasteiger charge is 2.16. The fraction of sp³-hybridized carbons (Fsp3) is 0.115. The minimum absolute atomic E-state index is 0.0469. The molecular formula is C26H23N7O3. The van der Waals surface area contributed by atoms with Crippen LogP contribution in [0.5, 0.6) is 5.88 Å². The van der Waals surface area contributed by atoms with E-state index in [-0.39, 0.29) is 17.6 Å². The van der Waals surface area contributed by atoms with Gasteiger partial charge in [-0.25, -0.2) is 4.99 Å². The molecule has 4 N–H and O–H groups in total. The molecule has 0 radical (unpaired) electrons. The van der Waals surface area contributed by atoms with Gasteiger partial charge in [0.1, 0.15) is 5.69 Å². The Balaban J connectivity index is 1.37. The number of amides is 1. The van der Waals surface area contributed by atoms with Gasteiger partial charge in [0.2, 0.25) is 0 Å². The maximum atomic E-state index is 13.2. The zero-order valence-corrected chi connectivity index (χ0v) is 19.8. The normalized spacial score (nSPS) is 11.4. The van der Waals surface area contributed by atoms with Crippen molar-refractivity contribution in [2.45, 2.75) is 13.8 Å². The number of fused-ring (bicyclic) bond motifs is 1. The van der Waals surface area contributed by atoms with Gasteiger partial charge >= 0.3 is 0 Å². The minimum Gasteiger partial charge on any atom is -0.494 e. The van der Waals surface area contributed by atoms with Gasteiger partial charge in [-0.1, -0.05) is 0 Å². The van der Waals surface area contributed by atoms with E-state index in [0.717, 1.165) is 11.4 Å². The summed E-state index contributed by atoms with van der Waals surface area (Å²) in [6.45, 7) is 3.69. The molecule has 0 fully saturated rings. The van der Waals surface area contributed by atoms with E-state index in [1.807, 2.05) is 13.8 Å². The van der Waals surface area contributed by atoms with Crippen LogP contribution in [0.2, 0.25) is 0 Å². The van der Waals surface area contributed by atoms with Crippen molar-refractivity contribution in [3.8, 4) is 5.88 Å². The molecular weight excluding hydrogens is 458 g/mol. The minimum atomic E-state index is -0.283. The number of aromatic hydroxyl groups is 1. The summed E-state index contributed by atoms with van der Waals surface area (Å²) in [5.41, 5.74) is 4.68. The van der Waals surface area contributed by atoms with Crippen LogP contribution < -0.4 is 5.32 Å². The van der Waals surface area contributed by atoms with Gasteiger partial charge in [-0.05, 0) is 62.4 Å². The molecule has 180 valence electrons. The first-order valence-corrected chi connectivity index (χ1v) is 11.2. The van der Waals surface area contributed by atoms with E-state index in [4.69, 9.17) is 0 Å². The van der Waals surface area contributed by atoms with Crippen LogP contribution in [-0.4, -0.2) is 48.0 Å². The van der Waals surface area contributed by atoms with Crippen molar-refractivity contribution >= 4 is 40.3 Å². The van der Waals surface area contributed by atoms with Gasteiger partial charge in [0.05, 0.1) is 11.3 Å². The second-order valence-electron chi connectivity index (χ2n) is 8.47. The highest BCUT2D eigenvalue weighted by atomic mass is 16.3. The molecule has 36 heavy (non-hydrogen) atoms. The number of nitrogens with one attached hydrogen (secondary N) is 3. The van der Waals surface area contributed by atoms with Crippen molar-refractivity contribution in [1.29, 1.82) is 0 Å². The van der Waals surface area contributed by atoms with Crippen molar-refractivity contribution in [2.75, 3.05) is 5.32 Å². The molecule has 10 heteroatoms. The van der Waals surface area contributed by atoms with Crippen LogP contribution in [0, 0.1) is 13.8 Å². The van der Waals surface area contributed by atoms with Crippen LogP contribution in [0.15, 0.2) is 59.6 Å². The molecule has 2 aromatic carbocycles. The number of hydrogen-bond donors (Lipinski definition) is 4. The SMILES string of the molecule is Cc1cc(C(=O)Nc2ccc(C(=O)c3ccc4[nH]c(O)c(C=Nc5cc(C)[nH]n5)c4c3)cc2)n(C)n1. The van der Waals surface area contributed by atoms with Gasteiger partial charge < -0.3 is 15.4 Å². The number of anilines is 1. The van der Waals surface area contributed by atoms with Gasteiger partial charge in [-0.3, -0.25) is 19.4 Å². The smallest absolute Gasteiger partial charge is 0.273 e. The highest BCUT2D eigenvalue weighted by molar-refractivity contribution is 6.12. The van der Waals surface area contributed by atoms with Crippen LogP contribution >= 0.6 is 0 Å². The third-order valence-corrected chi connectivity index (χ3v) is 5.74. The molecule has 5 rings (SSSR count). The lowest BCUT2D eigenvalue weighted by Crippen LogP contribution is -2.16. The number of nitrogens with zero attached hydrogens (tertiary/aromatic N) is 4. The molecule has 3 aromatic heterocycles. The summed E-state index contributed by atoms with van der Waals surface area (Å²) in [6, 6.07) is 15.3. The first-order chi connectivity index (χ1) is 17.3. The van der Waals surface area contributed by atoms with Crippen LogP contribution in [0.4, 0.5) is 11.5 Å². The number of aromatic amines is 2. The zero-order valence-electron chi connectivity index (χ0n) is 19.8. The van der Waals surface area contributed by atoms with Crippen molar-refractivity contribution in [1.82, 2.24) is 25.0 Å². The lowest BCUT2D eigenvalue weighted by atomic mass is 10.0. The van der Waals surface area contributed by atoms with E-state index >= 15 is 0 Å². The molecule has 1 amide bonds. The number of rotatable bonds is 6. The standard InChI is InChI=1S/C26H23N7O3/c1-14-11-23(31-30-14)27-13-20-19-12-17(6-9-21(19)29-25(20)35)24(34)16-4-7-18(8-5-16)28-26(36)22-10-15(2)32-33(22)3/h4-13,29,35H,1-3H3,(H,28,36)(H,30,31). The molecule has 0 aliphatic carbocycles. The second-order valence-corrected chi connectivity index (χ2v) is 8.47. The average molecular weight is 482 g/mol. The van der Waals surface area contributed by atoms with Crippen LogP contribution in [0.3, 0.4) is 0 Å². The van der Waals surface area contributed by atoms with Crippen LogP contribution in [0.25, 0.3) is 10.9 Å². The molecule has 0 unspecified atom stereocenters. The molecule has 10 nitrogen and oxygen atoms in total. The molecule has 0 spiro atoms. The van der Waals surface area contributed by atoms with E-state index in [0.29, 0.717) is 44.8 Å². The largest absolute Gasteiger partial charge is 0.494 e. The maximum Gasteiger partial charge on any atom is 0.273 e. The number of aliphatic imine (C=N–C) groups is 1. The maximum absolute atomic E-state index is 13.2. The van der Waals surface area contributed by atoms with E-state index in [2.05, 4.69) is 30.6 Å². The summed E-state index contributed by atoms with van der Waals surface area (Å²) < 4.78 is 1.52. The van der Waals surface area contributed by atoms with Crippen molar-refractivity contribution in [2.24, 2.45) is 12.0 Å². The predicted molar refractivity (Wildman–Crippen MR) is 136 cm³/mol. The fourth-order valence-electron chi connectivity index (χ4n) is 3.96. The number of carbonyl (C=O) groups is 2. The Morgan fingerprint density at radius 2 is 1.81 bits per heavy atom. The van der Waals surface area contributed by atoms with E-state index in [9.17, 15) is 14.7 Å². The highest BCUT2D eigenvalue weighted by Crippen LogP contribution is 2.28. The van der Waals surface area contributed by atoms with Gasteiger partial charge in [-0.15, -0.1) is 0 Å². The van der Waals surface area contributed by atoms with E-state index < -0.39 is 0 Å². The van der Waals surface area contributed by atoms with E-state index in [1.54, 1.807) is 61.6 Å². The Hall–Kier alpha value is -4.99. The number of H-pyrrole nitrogens is 2. The number of aromatic nitrogens is 5. The molecule has 5 aromatic rings. The average Bonchev–Trinajstić information content (AvgIpc) is 3.52. The number of hydrogen-bond acceptors (Lipinski definition) is 6. The predicted octanol–water partition coefficient (Wildman–Crippen LogP) is 4.18. The topological polar surface area (TPSA) is 141 Å². The monoisotopic (exact) mass is 481 g/mol. The Morgan fingerprint density at radius 3 is 2.47 bits per heavy atom. The van der Waals surface area contributed by atoms with E-state index in [1.165, 1.54) is 10.9 Å². The van der Waals surface area contributed by atoms with Crippen molar-refractivity contribution < 1.29 is 14.7 Å². The molecule has 3 heterocycles. The van der Waals surface area contributed by atoms with Gasteiger partial charge in [-0.2, -0.15) is 10.2 Å². The summed E-state index contributed by atoms with van der Waals surface area (Å²) in [7, 11) is 1.71. The summed E-state index contributed by atoms with van der Waals surface area (Å²) in [4.78, 5) is 32.9. The Bertz CT molecular complexity index is 1640. The number of carbonyl (C=O) groups excluding carboxylic acids is 2. The first kappa shape index (κ1) is 22.8. The van der Waals surface area contributed by atoms with Crippen LogP contribution in [-0.2, 0) is 7.05 Å². The lowest BCUT2D eigenvalue weighted by molar-refractivity contribution is 0.101.